The number of alkyl halides is 6. The molecule has 1 unspecified atom stereocenters. The Hall–Kier alpha value is -3.40. The lowest BCUT2D eigenvalue weighted by atomic mass is 9.86. The van der Waals surface area contributed by atoms with Gasteiger partial charge in [-0.2, -0.15) is 41.8 Å². The fourth-order valence-corrected chi connectivity index (χ4v) is 3.65. The van der Waals surface area contributed by atoms with Gasteiger partial charge in [0.15, 0.2) is 5.52 Å². The lowest BCUT2D eigenvalue weighted by Gasteiger charge is -2.31. The largest absolute Gasteiger partial charge is 0.427 e. The molecular weight excluding hydrogens is 480 g/mol. The molecule has 3 aromatic rings. The Balaban J connectivity index is 0.00000108. The topological polar surface area (TPSA) is 96.7 Å². The van der Waals surface area contributed by atoms with Crippen molar-refractivity contribution in [2.24, 2.45) is 7.05 Å². The standard InChI is InChI=1S/C19H13F6N5O2.C3H8/c1-29-15(12-8-27-30(11-3-4-11)16(31)14(12)28-29)17(32,19(23,24)25)10-2-5-13(18(20,21)22)9(6-10)7-26;1-3-2/h2,5-6,8,11,32H,3-4H2,1H3;3H2,1-2H3. The predicted octanol–water partition coefficient (Wildman–Crippen LogP) is 4.57. The van der Waals surface area contributed by atoms with E-state index in [0.29, 0.717) is 35.7 Å². The molecule has 7 nitrogen and oxygen atoms in total. The Bertz CT molecular complexity index is 1350. The van der Waals surface area contributed by atoms with Gasteiger partial charge in [-0.15, -0.1) is 0 Å². The Morgan fingerprint density at radius 3 is 2.26 bits per heavy atom. The van der Waals surface area contributed by atoms with Crippen LogP contribution in [0.1, 0.15) is 61.5 Å². The number of nitriles is 1. The van der Waals surface area contributed by atoms with Crippen LogP contribution < -0.4 is 5.56 Å². The second-order valence-electron chi connectivity index (χ2n) is 8.15. The minimum absolute atomic E-state index is 0.188. The van der Waals surface area contributed by atoms with E-state index in [1.165, 1.54) is 12.5 Å². The van der Waals surface area contributed by atoms with Crippen molar-refractivity contribution in [2.75, 3.05) is 0 Å². The Morgan fingerprint density at radius 1 is 1.17 bits per heavy atom. The summed E-state index contributed by atoms with van der Waals surface area (Å²) in [6.45, 7) is 4.25. The fraction of sp³-hybridized carbons (Fsp3) is 0.455. The van der Waals surface area contributed by atoms with Crippen LogP contribution in [-0.2, 0) is 18.8 Å². The van der Waals surface area contributed by atoms with Gasteiger partial charge in [-0.25, -0.2) is 4.68 Å². The minimum atomic E-state index is -5.45. The molecule has 4 rings (SSSR count). The highest BCUT2D eigenvalue weighted by atomic mass is 19.4. The van der Waals surface area contributed by atoms with E-state index >= 15 is 0 Å². The van der Waals surface area contributed by atoms with Crippen molar-refractivity contribution in [1.29, 1.82) is 5.26 Å². The summed E-state index contributed by atoms with van der Waals surface area (Å²) in [4.78, 5) is 12.6. The number of halogens is 6. The van der Waals surface area contributed by atoms with Gasteiger partial charge in [0.1, 0.15) is 0 Å². The summed E-state index contributed by atoms with van der Waals surface area (Å²) in [5.74, 6) is 0. The zero-order chi connectivity index (χ0) is 26.3. The van der Waals surface area contributed by atoms with Crippen LogP contribution in [0, 0.1) is 11.3 Å². The lowest BCUT2D eigenvalue weighted by molar-refractivity contribution is -0.250. The van der Waals surface area contributed by atoms with Crippen LogP contribution in [0.25, 0.3) is 10.9 Å². The molecule has 1 aromatic carbocycles. The van der Waals surface area contributed by atoms with Gasteiger partial charge in [-0.3, -0.25) is 9.48 Å². The van der Waals surface area contributed by atoms with Crippen LogP contribution in [0.15, 0.2) is 29.2 Å². The molecule has 2 heterocycles. The number of aromatic nitrogens is 4. The van der Waals surface area contributed by atoms with Crippen molar-refractivity contribution in [1.82, 2.24) is 19.6 Å². The van der Waals surface area contributed by atoms with Gasteiger partial charge >= 0.3 is 12.4 Å². The van der Waals surface area contributed by atoms with Crippen molar-refractivity contribution in [3.8, 4) is 6.07 Å². The van der Waals surface area contributed by atoms with E-state index in [0.717, 1.165) is 17.9 Å². The first-order chi connectivity index (χ1) is 16.2. The van der Waals surface area contributed by atoms with Crippen molar-refractivity contribution >= 4 is 10.9 Å². The zero-order valence-corrected chi connectivity index (χ0v) is 18.9. The SMILES string of the molecule is CCC.Cn1nc2c(=O)n(C3CC3)ncc2c1C(O)(c1ccc(C(F)(F)F)c(C#N)c1)C(F)(F)F. The molecule has 1 atom stereocenters. The molecular formula is C22H21F6N5O2. The quantitative estimate of drug-likeness (QED) is 0.531. The van der Waals surface area contributed by atoms with Gasteiger partial charge in [-0.1, -0.05) is 26.3 Å². The van der Waals surface area contributed by atoms with E-state index in [-0.39, 0.29) is 11.6 Å². The second kappa shape index (κ2) is 8.99. The molecule has 1 aliphatic carbocycles. The van der Waals surface area contributed by atoms with Crippen LogP contribution in [-0.4, -0.2) is 30.8 Å². The summed E-state index contributed by atoms with van der Waals surface area (Å²) < 4.78 is 83.8. The second-order valence-corrected chi connectivity index (χ2v) is 8.15. The van der Waals surface area contributed by atoms with E-state index in [1.54, 1.807) is 0 Å². The van der Waals surface area contributed by atoms with E-state index < -0.39 is 51.3 Å². The minimum Gasteiger partial charge on any atom is -0.371 e. The zero-order valence-electron chi connectivity index (χ0n) is 18.9. The first-order valence-electron chi connectivity index (χ1n) is 10.6. The van der Waals surface area contributed by atoms with E-state index in [1.807, 2.05) is 0 Å². The number of fused-ring (bicyclic) bond motifs is 1. The van der Waals surface area contributed by atoms with Crippen molar-refractivity contribution < 1.29 is 31.4 Å². The molecule has 0 spiro atoms. The van der Waals surface area contributed by atoms with Gasteiger partial charge in [0.05, 0.1) is 40.5 Å². The Kier molecular flexibility index (Phi) is 6.73. The molecule has 188 valence electrons. The molecule has 0 saturated heterocycles. The van der Waals surface area contributed by atoms with Gasteiger partial charge in [0.2, 0.25) is 5.60 Å². The lowest BCUT2D eigenvalue weighted by Crippen LogP contribution is -2.45. The van der Waals surface area contributed by atoms with Gasteiger partial charge in [0, 0.05) is 12.6 Å². The molecule has 35 heavy (non-hydrogen) atoms. The molecule has 1 saturated carbocycles. The number of rotatable bonds is 3. The third-order valence-electron chi connectivity index (χ3n) is 5.31. The molecule has 1 fully saturated rings. The first kappa shape index (κ1) is 26.2. The van der Waals surface area contributed by atoms with E-state index in [4.69, 9.17) is 5.26 Å². The van der Waals surface area contributed by atoms with E-state index in [2.05, 4.69) is 24.0 Å². The highest BCUT2D eigenvalue weighted by Crippen LogP contribution is 2.47. The molecule has 1 N–H and O–H groups in total. The van der Waals surface area contributed by atoms with Gasteiger partial charge < -0.3 is 5.11 Å². The maximum absolute atomic E-state index is 14.2. The highest BCUT2D eigenvalue weighted by Gasteiger charge is 2.59. The molecule has 13 heteroatoms. The van der Waals surface area contributed by atoms with Crippen LogP contribution >= 0.6 is 0 Å². The Morgan fingerprint density at radius 2 is 1.77 bits per heavy atom. The van der Waals surface area contributed by atoms with Gasteiger partial charge in [0.25, 0.3) is 5.56 Å². The number of aliphatic hydroxyl groups is 1. The third kappa shape index (κ3) is 4.50. The average molecular weight is 501 g/mol. The maximum atomic E-state index is 14.2. The Labute approximate surface area is 195 Å². The number of aryl methyl sites for hydroxylation is 1. The average Bonchev–Trinajstić information content (AvgIpc) is 3.54. The number of hydrogen-bond donors (Lipinski definition) is 1. The van der Waals surface area contributed by atoms with Crippen molar-refractivity contribution in [3.63, 3.8) is 0 Å². The normalized spacial score (nSPS) is 15.8. The summed E-state index contributed by atoms with van der Waals surface area (Å²) in [5, 5.41) is 27.3. The monoisotopic (exact) mass is 501 g/mol. The molecule has 0 amide bonds. The van der Waals surface area contributed by atoms with Gasteiger partial charge in [-0.05, 0) is 25.0 Å². The first-order valence-corrected chi connectivity index (χ1v) is 10.6. The fourth-order valence-electron chi connectivity index (χ4n) is 3.65. The molecule has 0 radical (unpaired) electrons. The highest BCUT2D eigenvalue weighted by molar-refractivity contribution is 5.81. The molecule has 0 bridgehead atoms. The van der Waals surface area contributed by atoms with E-state index in [9.17, 15) is 36.2 Å². The molecule has 2 aromatic heterocycles. The number of hydrogen-bond acceptors (Lipinski definition) is 5. The number of benzene rings is 1. The predicted molar refractivity (Wildman–Crippen MR) is 112 cm³/mol. The maximum Gasteiger partial charge on any atom is 0.427 e. The van der Waals surface area contributed by atoms with Crippen LogP contribution in [0.4, 0.5) is 26.3 Å². The summed E-state index contributed by atoms with van der Waals surface area (Å²) in [7, 11) is 1.06. The van der Waals surface area contributed by atoms with Crippen LogP contribution in [0.5, 0.6) is 0 Å². The summed E-state index contributed by atoms with van der Waals surface area (Å²) in [6.07, 6.45) is -6.88. The third-order valence-corrected chi connectivity index (χ3v) is 5.31. The van der Waals surface area contributed by atoms with Crippen LogP contribution in [0.3, 0.4) is 0 Å². The summed E-state index contributed by atoms with van der Waals surface area (Å²) in [5.41, 5.74) is -9.50. The van der Waals surface area contributed by atoms with Crippen LogP contribution in [0.2, 0.25) is 0 Å². The van der Waals surface area contributed by atoms with Crippen molar-refractivity contribution in [2.45, 2.75) is 57.1 Å². The summed E-state index contributed by atoms with van der Waals surface area (Å²) in [6, 6.07) is 2.08. The summed E-state index contributed by atoms with van der Waals surface area (Å²) >= 11 is 0. The molecule has 1 aliphatic rings. The smallest absolute Gasteiger partial charge is 0.371 e. The number of nitrogens with zero attached hydrogens (tertiary/aromatic N) is 5. The molecule has 0 aliphatic heterocycles. The van der Waals surface area contributed by atoms with Crippen molar-refractivity contribution in [3.05, 3.63) is 57.1 Å².